The van der Waals surface area contributed by atoms with E-state index in [1.807, 2.05) is 12.1 Å². The van der Waals surface area contributed by atoms with Crippen LogP contribution in [0.25, 0.3) is 22.2 Å². The molecular weight excluding hydrogens is 248 g/mol. The number of aromatic nitrogens is 4. The van der Waals surface area contributed by atoms with Crippen molar-refractivity contribution < 1.29 is 0 Å². The molecule has 0 bridgehead atoms. The van der Waals surface area contributed by atoms with Crippen LogP contribution in [0.15, 0.2) is 60.7 Å². The molecule has 1 N–H and O–H groups in total. The fraction of sp³-hybridized carbons (Fsp3) is 0.0625. The first kappa shape index (κ1) is 11.1. The highest BCUT2D eigenvalue weighted by atomic mass is 15.5. The Morgan fingerprint density at radius 3 is 2.60 bits per heavy atom. The van der Waals surface area contributed by atoms with Gasteiger partial charge in [-0.1, -0.05) is 60.7 Å². The first-order valence-electron chi connectivity index (χ1n) is 6.54. The quantitative estimate of drug-likeness (QED) is 0.769. The standard InChI is InChI=1S/C16H12N4/c1-2-6-11(5-1)14-10-9-12-7-3-4-8-13(12)15(14)16-17-19-20-18-16/h1-11H,(H,17,18,19,20). The highest BCUT2D eigenvalue weighted by molar-refractivity contribution is 5.97. The van der Waals surface area contributed by atoms with E-state index in [4.69, 9.17) is 0 Å². The van der Waals surface area contributed by atoms with Gasteiger partial charge in [-0.3, -0.25) is 0 Å². The number of fused-ring (bicyclic) bond motifs is 1. The lowest BCUT2D eigenvalue weighted by molar-refractivity contribution is 0.881. The summed E-state index contributed by atoms with van der Waals surface area (Å²) < 4.78 is 0. The maximum atomic E-state index is 4.17. The van der Waals surface area contributed by atoms with Gasteiger partial charge >= 0.3 is 0 Å². The summed E-state index contributed by atoms with van der Waals surface area (Å²) in [6.45, 7) is 0. The van der Waals surface area contributed by atoms with Gasteiger partial charge in [0.25, 0.3) is 0 Å². The normalized spacial score (nSPS) is 14.4. The third-order valence-electron chi connectivity index (χ3n) is 3.64. The number of hydrogen-bond acceptors (Lipinski definition) is 3. The zero-order valence-corrected chi connectivity index (χ0v) is 10.7. The van der Waals surface area contributed by atoms with Crippen LogP contribution in [0.2, 0.25) is 0 Å². The number of aromatic amines is 1. The molecular formula is C16H12N4. The predicted molar refractivity (Wildman–Crippen MR) is 78.1 cm³/mol. The maximum absolute atomic E-state index is 4.17. The molecule has 1 aromatic heterocycles. The number of tetrazole rings is 1. The lowest BCUT2D eigenvalue weighted by Gasteiger charge is -2.13. The van der Waals surface area contributed by atoms with Crippen LogP contribution in [-0.2, 0) is 0 Å². The van der Waals surface area contributed by atoms with E-state index in [9.17, 15) is 0 Å². The molecule has 96 valence electrons. The third-order valence-corrected chi connectivity index (χ3v) is 3.64. The summed E-state index contributed by atoms with van der Waals surface area (Å²) in [6.07, 6.45) is 8.49. The Balaban J connectivity index is 2.06. The van der Waals surface area contributed by atoms with Crippen molar-refractivity contribution in [1.29, 1.82) is 0 Å². The van der Waals surface area contributed by atoms with Crippen molar-refractivity contribution in [2.24, 2.45) is 0 Å². The molecule has 0 aliphatic heterocycles. The maximum Gasteiger partial charge on any atom is 0.205 e. The van der Waals surface area contributed by atoms with Crippen molar-refractivity contribution in [2.45, 2.75) is 5.92 Å². The highest BCUT2D eigenvalue weighted by Gasteiger charge is 2.18. The van der Waals surface area contributed by atoms with Crippen LogP contribution in [0, 0.1) is 0 Å². The Morgan fingerprint density at radius 2 is 1.80 bits per heavy atom. The van der Waals surface area contributed by atoms with Gasteiger partial charge in [0.05, 0.1) is 0 Å². The molecule has 0 unspecified atom stereocenters. The molecule has 0 saturated heterocycles. The minimum Gasteiger partial charge on any atom is -0.177 e. The first-order valence-corrected chi connectivity index (χ1v) is 6.54. The number of rotatable bonds is 2. The van der Waals surface area contributed by atoms with E-state index >= 15 is 0 Å². The number of H-pyrrole nitrogens is 1. The zero-order valence-electron chi connectivity index (χ0n) is 10.7. The van der Waals surface area contributed by atoms with Crippen molar-refractivity contribution in [3.63, 3.8) is 0 Å². The summed E-state index contributed by atoms with van der Waals surface area (Å²) >= 11 is 0. The summed E-state index contributed by atoms with van der Waals surface area (Å²) in [7, 11) is 0. The summed E-state index contributed by atoms with van der Waals surface area (Å²) in [6, 6.07) is 12.6. The van der Waals surface area contributed by atoms with Gasteiger partial charge in [-0.25, -0.2) is 0 Å². The summed E-state index contributed by atoms with van der Waals surface area (Å²) in [5.74, 6) is 0.915. The van der Waals surface area contributed by atoms with Crippen LogP contribution >= 0.6 is 0 Å². The summed E-state index contributed by atoms with van der Waals surface area (Å²) in [5.41, 5.74) is 2.26. The van der Waals surface area contributed by atoms with Crippen molar-refractivity contribution in [2.75, 3.05) is 0 Å². The van der Waals surface area contributed by atoms with Gasteiger partial charge in [-0.15, -0.1) is 10.2 Å². The molecule has 1 heterocycles. The van der Waals surface area contributed by atoms with Crippen LogP contribution in [0.5, 0.6) is 0 Å². The molecule has 4 heteroatoms. The van der Waals surface area contributed by atoms with Crippen LogP contribution < -0.4 is 0 Å². The van der Waals surface area contributed by atoms with Gasteiger partial charge in [-0.2, -0.15) is 5.21 Å². The second-order valence-electron chi connectivity index (χ2n) is 4.78. The van der Waals surface area contributed by atoms with E-state index in [0.717, 1.165) is 10.9 Å². The van der Waals surface area contributed by atoms with E-state index in [0.29, 0.717) is 5.82 Å². The number of allylic oxidation sites excluding steroid dienone is 4. The zero-order chi connectivity index (χ0) is 13.4. The van der Waals surface area contributed by atoms with Crippen molar-refractivity contribution >= 4 is 10.8 Å². The van der Waals surface area contributed by atoms with E-state index in [-0.39, 0.29) is 5.92 Å². The number of nitrogens with zero attached hydrogens (tertiary/aromatic N) is 3. The van der Waals surface area contributed by atoms with Gasteiger partial charge in [0.1, 0.15) is 0 Å². The lowest BCUT2D eigenvalue weighted by Crippen LogP contribution is -1.96. The predicted octanol–water partition coefficient (Wildman–Crippen LogP) is 3.23. The molecule has 0 radical (unpaired) electrons. The van der Waals surface area contributed by atoms with E-state index in [1.165, 1.54) is 10.9 Å². The molecule has 0 fully saturated rings. The number of benzene rings is 2. The Kier molecular flexibility index (Phi) is 2.45. The topological polar surface area (TPSA) is 54.5 Å². The second-order valence-corrected chi connectivity index (χ2v) is 4.78. The molecule has 1 aliphatic carbocycles. The first-order chi connectivity index (χ1) is 9.93. The average Bonchev–Trinajstić information content (AvgIpc) is 3.19. The SMILES string of the molecule is C1=CC(c2ccc3ccccc3c2-c2nn[nH]n2)C=C1. The van der Waals surface area contributed by atoms with E-state index in [2.05, 4.69) is 69.2 Å². The minimum atomic E-state index is 0.271. The summed E-state index contributed by atoms with van der Waals surface area (Å²) in [5, 5.41) is 16.9. The molecule has 3 aromatic rings. The fourth-order valence-corrected chi connectivity index (χ4v) is 2.72. The fourth-order valence-electron chi connectivity index (χ4n) is 2.72. The lowest BCUT2D eigenvalue weighted by atomic mass is 9.90. The van der Waals surface area contributed by atoms with Gasteiger partial charge < -0.3 is 0 Å². The molecule has 20 heavy (non-hydrogen) atoms. The van der Waals surface area contributed by atoms with Crippen LogP contribution in [-0.4, -0.2) is 20.6 Å². The van der Waals surface area contributed by atoms with Crippen LogP contribution in [0.3, 0.4) is 0 Å². The molecule has 0 spiro atoms. The van der Waals surface area contributed by atoms with Crippen molar-refractivity contribution in [1.82, 2.24) is 20.6 Å². The Labute approximate surface area is 115 Å². The monoisotopic (exact) mass is 260 g/mol. The molecule has 0 atom stereocenters. The summed E-state index contributed by atoms with van der Waals surface area (Å²) in [4.78, 5) is 0. The van der Waals surface area contributed by atoms with Crippen LogP contribution in [0.1, 0.15) is 11.5 Å². The Hall–Kier alpha value is -2.75. The molecule has 0 amide bonds. The highest BCUT2D eigenvalue weighted by Crippen LogP contribution is 2.36. The smallest absolute Gasteiger partial charge is 0.177 e. The van der Waals surface area contributed by atoms with Crippen molar-refractivity contribution in [3.8, 4) is 11.4 Å². The number of hydrogen-bond donors (Lipinski definition) is 1. The average molecular weight is 260 g/mol. The van der Waals surface area contributed by atoms with Gasteiger partial charge in [0.2, 0.25) is 5.82 Å². The molecule has 4 nitrogen and oxygen atoms in total. The van der Waals surface area contributed by atoms with E-state index in [1.54, 1.807) is 0 Å². The molecule has 1 aliphatic rings. The molecule has 4 rings (SSSR count). The largest absolute Gasteiger partial charge is 0.205 e. The number of nitrogens with one attached hydrogen (secondary N) is 1. The van der Waals surface area contributed by atoms with Crippen molar-refractivity contribution in [3.05, 3.63) is 66.3 Å². The third kappa shape index (κ3) is 1.66. The van der Waals surface area contributed by atoms with Gasteiger partial charge in [-0.05, 0) is 21.5 Å². The second kappa shape index (κ2) is 4.42. The minimum absolute atomic E-state index is 0.271. The Bertz CT molecular complexity index is 804. The molecule has 2 aromatic carbocycles. The van der Waals surface area contributed by atoms with Crippen LogP contribution in [0.4, 0.5) is 0 Å². The Morgan fingerprint density at radius 1 is 0.950 bits per heavy atom. The van der Waals surface area contributed by atoms with Gasteiger partial charge in [0, 0.05) is 11.5 Å². The van der Waals surface area contributed by atoms with Gasteiger partial charge in [0.15, 0.2) is 0 Å². The van der Waals surface area contributed by atoms with E-state index < -0.39 is 0 Å². The molecule has 0 saturated carbocycles.